The molecule has 0 aliphatic carbocycles. The van der Waals surface area contributed by atoms with Gasteiger partial charge in [-0.1, -0.05) is 0 Å². The largest absolute Gasteiger partial charge is 0.484 e. The van der Waals surface area contributed by atoms with Crippen molar-refractivity contribution in [2.75, 3.05) is 13.2 Å². The SMILES string of the molecule is C[C@H](CO)NC(=O)c1ccc(OCC(N)=O)cc1. The first-order valence-electron chi connectivity index (χ1n) is 5.46. The molecule has 1 aromatic rings. The molecular weight excluding hydrogens is 236 g/mol. The van der Waals surface area contributed by atoms with Crippen LogP contribution in [-0.4, -0.2) is 36.2 Å². The number of amides is 2. The highest BCUT2D eigenvalue weighted by molar-refractivity contribution is 5.94. The van der Waals surface area contributed by atoms with Crippen LogP contribution in [0.15, 0.2) is 24.3 Å². The zero-order valence-electron chi connectivity index (χ0n) is 10.1. The van der Waals surface area contributed by atoms with Gasteiger partial charge in [-0.15, -0.1) is 0 Å². The highest BCUT2D eigenvalue weighted by Crippen LogP contribution is 2.12. The lowest BCUT2D eigenvalue weighted by atomic mass is 10.2. The topological polar surface area (TPSA) is 102 Å². The van der Waals surface area contributed by atoms with Gasteiger partial charge in [0.05, 0.1) is 6.61 Å². The van der Waals surface area contributed by atoms with E-state index in [0.717, 1.165) is 0 Å². The number of primary amides is 1. The van der Waals surface area contributed by atoms with Crippen molar-refractivity contribution >= 4 is 11.8 Å². The van der Waals surface area contributed by atoms with Crippen LogP contribution >= 0.6 is 0 Å². The summed E-state index contributed by atoms with van der Waals surface area (Å²) >= 11 is 0. The van der Waals surface area contributed by atoms with Crippen LogP contribution in [0.2, 0.25) is 0 Å². The summed E-state index contributed by atoms with van der Waals surface area (Å²) in [6.07, 6.45) is 0. The van der Waals surface area contributed by atoms with Gasteiger partial charge in [-0.3, -0.25) is 9.59 Å². The molecule has 0 aliphatic heterocycles. The van der Waals surface area contributed by atoms with Crippen LogP contribution in [0.25, 0.3) is 0 Å². The number of carbonyl (C=O) groups excluding carboxylic acids is 2. The van der Waals surface area contributed by atoms with Crippen molar-refractivity contribution in [1.29, 1.82) is 0 Å². The quantitative estimate of drug-likeness (QED) is 0.644. The molecule has 0 fully saturated rings. The van der Waals surface area contributed by atoms with Gasteiger partial charge in [0.15, 0.2) is 6.61 Å². The molecule has 0 unspecified atom stereocenters. The maximum atomic E-state index is 11.7. The lowest BCUT2D eigenvalue weighted by Crippen LogP contribution is -2.34. The van der Waals surface area contributed by atoms with E-state index in [0.29, 0.717) is 11.3 Å². The van der Waals surface area contributed by atoms with Gasteiger partial charge >= 0.3 is 0 Å². The highest BCUT2D eigenvalue weighted by atomic mass is 16.5. The summed E-state index contributed by atoms with van der Waals surface area (Å²) in [6, 6.07) is 5.97. The van der Waals surface area contributed by atoms with Gasteiger partial charge in [-0.2, -0.15) is 0 Å². The Morgan fingerprint density at radius 1 is 1.39 bits per heavy atom. The van der Waals surface area contributed by atoms with Crippen molar-refractivity contribution in [3.63, 3.8) is 0 Å². The molecule has 4 N–H and O–H groups in total. The van der Waals surface area contributed by atoms with Crippen molar-refractivity contribution < 1.29 is 19.4 Å². The van der Waals surface area contributed by atoms with Crippen molar-refractivity contribution in [3.05, 3.63) is 29.8 Å². The predicted molar refractivity (Wildman–Crippen MR) is 65.1 cm³/mol. The lowest BCUT2D eigenvalue weighted by Gasteiger charge is -2.11. The van der Waals surface area contributed by atoms with E-state index in [2.05, 4.69) is 5.32 Å². The summed E-state index contributed by atoms with van der Waals surface area (Å²) < 4.78 is 5.06. The molecule has 1 aromatic carbocycles. The Labute approximate surface area is 105 Å². The average molecular weight is 252 g/mol. The minimum absolute atomic E-state index is 0.119. The maximum absolute atomic E-state index is 11.7. The fourth-order valence-electron chi connectivity index (χ4n) is 1.21. The van der Waals surface area contributed by atoms with Crippen LogP contribution < -0.4 is 15.8 Å². The first-order chi connectivity index (χ1) is 8.52. The van der Waals surface area contributed by atoms with Gasteiger partial charge in [0, 0.05) is 11.6 Å². The number of carbonyl (C=O) groups is 2. The van der Waals surface area contributed by atoms with Crippen LogP contribution in [0.3, 0.4) is 0 Å². The molecule has 6 nitrogen and oxygen atoms in total. The third-order valence-corrected chi connectivity index (χ3v) is 2.15. The van der Waals surface area contributed by atoms with Gasteiger partial charge in [-0.05, 0) is 31.2 Å². The van der Waals surface area contributed by atoms with E-state index in [1.54, 1.807) is 31.2 Å². The number of nitrogens with one attached hydrogen (secondary N) is 1. The molecule has 0 aliphatic rings. The van der Waals surface area contributed by atoms with Crippen LogP contribution in [-0.2, 0) is 4.79 Å². The first-order valence-corrected chi connectivity index (χ1v) is 5.46. The summed E-state index contributed by atoms with van der Waals surface area (Å²) in [4.78, 5) is 22.2. The molecule has 0 saturated carbocycles. The van der Waals surface area contributed by atoms with Gasteiger partial charge in [-0.25, -0.2) is 0 Å². The Morgan fingerprint density at radius 3 is 2.50 bits per heavy atom. The van der Waals surface area contributed by atoms with Gasteiger partial charge in [0.25, 0.3) is 11.8 Å². The van der Waals surface area contributed by atoms with E-state index in [9.17, 15) is 9.59 Å². The fourth-order valence-corrected chi connectivity index (χ4v) is 1.21. The molecule has 0 saturated heterocycles. The van der Waals surface area contributed by atoms with Crippen LogP contribution in [0, 0.1) is 0 Å². The van der Waals surface area contributed by atoms with E-state index in [4.69, 9.17) is 15.6 Å². The Balaban J connectivity index is 2.59. The maximum Gasteiger partial charge on any atom is 0.255 e. The smallest absolute Gasteiger partial charge is 0.255 e. The van der Waals surface area contributed by atoms with E-state index >= 15 is 0 Å². The Bertz CT molecular complexity index is 417. The fraction of sp³-hybridized carbons (Fsp3) is 0.333. The molecule has 2 amide bonds. The van der Waals surface area contributed by atoms with Crippen LogP contribution in [0.1, 0.15) is 17.3 Å². The van der Waals surface area contributed by atoms with Gasteiger partial charge in [0.2, 0.25) is 0 Å². The number of benzene rings is 1. The normalized spacial score (nSPS) is 11.7. The average Bonchev–Trinajstić information content (AvgIpc) is 2.36. The summed E-state index contributed by atoms with van der Waals surface area (Å²) in [6.45, 7) is 1.38. The number of aliphatic hydroxyl groups is 1. The molecule has 6 heteroatoms. The minimum atomic E-state index is -0.561. The van der Waals surface area contributed by atoms with E-state index in [-0.39, 0.29) is 25.2 Å². The zero-order valence-corrected chi connectivity index (χ0v) is 10.1. The van der Waals surface area contributed by atoms with E-state index < -0.39 is 5.91 Å². The third-order valence-electron chi connectivity index (χ3n) is 2.15. The predicted octanol–water partition coefficient (Wildman–Crippen LogP) is -0.339. The summed E-state index contributed by atoms with van der Waals surface area (Å²) in [7, 11) is 0. The Kier molecular flexibility index (Phi) is 5.13. The van der Waals surface area contributed by atoms with Gasteiger partial charge < -0.3 is 20.9 Å². The number of hydrogen-bond acceptors (Lipinski definition) is 4. The lowest BCUT2D eigenvalue weighted by molar-refractivity contribution is -0.119. The molecule has 1 atom stereocenters. The van der Waals surface area contributed by atoms with Gasteiger partial charge in [0.1, 0.15) is 5.75 Å². The molecule has 0 heterocycles. The number of hydrogen-bond donors (Lipinski definition) is 3. The van der Waals surface area contributed by atoms with Crippen LogP contribution in [0.4, 0.5) is 0 Å². The second-order valence-corrected chi connectivity index (χ2v) is 3.84. The molecule has 0 bridgehead atoms. The number of nitrogens with two attached hydrogens (primary N) is 1. The summed E-state index contributed by atoms with van der Waals surface area (Å²) in [5.74, 6) is -0.382. The standard InChI is InChI=1S/C12H16N2O4/c1-8(6-15)14-12(17)9-2-4-10(5-3-9)18-7-11(13)16/h2-5,8,15H,6-7H2,1H3,(H2,13,16)(H,14,17)/t8-/m1/s1. The second-order valence-electron chi connectivity index (χ2n) is 3.84. The zero-order chi connectivity index (χ0) is 13.5. The van der Waals surface area contributed by atoms with E-state index in [1.807, 2.05) is 0 Å². The number of aliphatic hydroxyl groups excluding tert-OH is 1. The van der Waals surface area contributed by atoms with Crippen molar-refractivity contribution in [3.8, 4) is 5.75 Å². The second kappa shape index (κ2) is 6.61. The summed E-state index contributed by atoms with van der Waals surface area (Å²) in [5.41, 5.74) is 5.38. The van der Waals surface area contributed by atoms with Crippen LogP contribution in [0.5, 0.6) is 5.75 Å². The van der Waals surface area contributed by atoms with Crippen molar-refractivity contribution in [1.82, 2.24) is 5.32 Å². The Morgan fingerprint density at radius 2 is 2.00 bits per heavy atom. The monoisotopic (exact) mass is 252 g/mol. The van der Waals surface area contributed by atoms with E-state index in [1.165, 1.54) is 0 Å². The molecule has 0 radical (unpaired) electrons. The molecule has 0 aromatic heterocycles. The molecule has 0 spiro atoms. The highest BCUT2D eigenvalue weighted by Gasteiger charge is 2.08. The minimum Gasteiger partial charge on any atom is -0.484 e. The molecule has 1 rings (SSSR count). The number of rotatable bonds is 6. The first kappa shape index (κ1) is 14.0. The van der Waals surface area contributed by atoms with Crippen molar-refractivity contribution in [2.24, 2.45) is 5.73 Å². The third kappa shape index (κ3) is 4.42. The molecular formula is C12H16N2O4. The van der Waals surface area contributed by atoms with Crippen molar-refractivity contribution in [2.45, 2.75) is 13.0 Å². The number of ether oxygens (including phenoxy) is 1. The summed E-state index contributed by atoms with van der Waals surface area (Å²) in [5, 5.41) is 11.4. The Hall–Kier alpha value is -2.08. The molecule has 98 valence electrons. The molecule has 18 heavy (non-hydrogen) atoms.